The van der Waals surface area contributed by atoms with E-state index in [9.17, 15) is 4.79 Å². The summed E-state index contributed by atoms with van der Waals surface area (Å²) in [5.41, 5.74) is 1.57. The summed E-state index contributed by atoms with van der Waals surface area (Å²) in [6, 6.07) is 9.09. The number of benzene rings is 1. The highest BCUT2D eigenvalue weighted by atomic mass is 79.9. The summed E-state index contributed by atoms with van der Waals surface area (Å²) in [6.07, 6.45) is 3.23. The molecule has 1 heterocycles. The minimum absolute atomic E-state index is 0.0346. The van der Waals surface area contributed by atoms with Crippen molar-refractivity contribution in [2.24, 2.45) is 0 Å². The van der Waals surface area contributed by atoms with Crippen molar-refractivity contribution in [3.63, 3.8) is 0 Å². The monoisotopic (exact) mass is 334 g/mol. The van der Waals surface area contributed by atoms with Gasteiger partial charge in [0.05, 0.1) is 0 Å². The molecule has 19 heavy (non-hydrogen) atoms. The molecule has 5 heteroatoms. The molecule has 96 valence electrons. The Morgan fingerprint density at radius 2 is 2.00 bits per heavy atom. The maximum absolute atomic E-state index is 11.9. The quantitative estimate of drug-likeness (QED) is 0.366. The van der Waals surface area contributed by atoms with E-state index in [1.807, 2.05) is 25.1 Å². The molecule has 0 fully saturated rings. The molecule has 2 rings (SSSR count). The van der Waals surface area contributed by atoms with E-state index in [4.69, 9.17) is 0 Å². The molecule has 1 aromatic heterocycles. The van der Waals surface area contributed by atoms with Gasteiger partial charge in [-0.3, -0.25) is 4.79 Å². The summed E-state index contributed by atoms with van der Waals surface area (Å²) in [6.45, 7) is 1.91. The van der Waals surface area contributed by atoms with Crippen LogP contribution in [0.25, 0.3) is 0 Å². The maximum atomic E-state index is 11.9. The van der Waals surface area contributed by atoms with Gasteiger partial charge in [0, 0.05) is 21.9 Å². The van der Waals surface area contributed by atoms with Crippen molar-refractivity contribution in [1.82, 2.24) is 9.97 Å². The number of hydrogen-bond donors (Lipinski definition) is 0. The summed E-state index contributed by atoms with van der Waals surface area (Å²) in [7, 11) is 0. The fraction of sp³-hybridized carbons (Fsp3) is 0.0714. The minimum atomic E-state index is -0.0346. The van der Waals surface area contributed by atoms with Crippen LogP contribution in [0.4, 0.5) is 0 Å². The third-order valence-electron chi connectivity index (χ3n) is 2.29. The molecule has 1 aromatic carbocycles. The van der Waals surface area contributed by atoms with Gasteiger partial charge in [0.1, 0.15) is 0 Å². The van der Waals surface area contributed by atoms with Crippen molar-refractivity contribution in [2.75, 3.05) is 0 Å². The second-order valence-corrected chi connectivity index (χ2v) is 5.56. The molecule has 0 aliphatic rings. The van der Waals surface area contributed by atoms with Crippen LogP contribution in [0, 0.1) is 6.92 Å². The Kier molecular flexibility index (Phi) is 4.87. The first kappa shape index (κ1) is 14.0. The van der Waals surface area contributed by atoms with E-state index >= 15 is 0 Å². The molecule has 0 N–H and O–H groups in total. The molecule has 0 radical (unpaired) electrons. The molecule has 0 aliphatic heterocycles. The zero-order chi connectivity index (χ0) is 13.7. The normalized spacial score (nSPS) is 10.8. The van der Waals surface area contributed by atoms with Crippen molar-refractivity contribution in [1.29, 1.82) is 0 Å². The summed E-state index contributed by atoms with van der Waals surface area (Å²) in [5, 5.41) is 2.35. The number of allylic oxidation sites excluding steroid dienone is 1. The Morgan fingerprint density at radius 1 is 1.26 bits per heavy atom. The van der Waals surface area contributed by atoms with Crippen LogP contribution in [0.2, 0.25) is 0 Å². The zero-order valence-electron chi connectivity index (χ0n) is 10.2. The first-order valence-electron chi connectivity index (χ1n) is 5.58. The lowest BCUT2D eigenvalue weighted by molar-refractivity contribution is 0.104. The van der Waals surface area contributed by atoms with Crippen molar-refractivity contribution in [3.8, 4) is 0 Å². The number of carbonyl (C=O) groups is 1. The Bertz CT molecular complexity index is 611. The Morgan fingerprint density at radius 3 is 2.68 bits per heavy atom. The Labute approximate surface area is 124 Å². The molecule has 0 bridgehead atoms. The molecule has 0 spiro atoms. The van der Waals surface area contributed by atoms with E-state index < -0.39 is 0 Å². The average molecular weight is 335 g/mol. The molecule has 2 aromatic rings. The fourth-order valence-electron chi connectivity index (χ4n) is 1.35. The van der Waals surface area contributed by atoms with Gasteiger partial charge in [0.25, 0.3) is 0 Å². The number of nitrogens with zero attached hydrogens (tertiary/aromatic N) is 2. The standard InChI is InChI=1S/C14H11BrN2OS/c1-10-6-8-16-14(17-10)19-9-7-13(18)11-2-4-12(15)5-3-11/h2-9H,1H3/b9-7+. The van der Waals surface area contributed by atoms with E-state index in [2.05, 4.69) is 25.9 Å². The lowest BCUT2D eigenvalue weighted by Crippen LogP contribution is -1.93. The van der Waals surface area contributed by atoms with Crippen LogP contribution in [0.1, 0.15) is 16.1 Å². The van der Waals surface area contributed by atoms with Gasteiger partial charge in [0.2, 0.25) is 0 Å². The van der Waals surface area contributed by atoms with Crippen LogP contribution in [0.5, 0.6) is 0 Å². The number of aryl methyl sites for hydroxylation is 1. The first-order chi connectivity index (χ1) is 9.15. The minimum Gasteiger partial charge on any atom is -0.289 e. The van der Waals surface area contributed by atoms with E-state index in [0.29, 0.717) is 10.7 Å². The van der Waals surface area contributed by atoms with Crippen molar-refractivity contribution in [3.05, 3.63) is 63.7 Å². The highest BCUT2D eigenvalue weighted by Gasteiger charge is 2.01. The van der Waals surface area contributed by atoms with Crippen molar-refractivity contribution >= 4 is 33.5 Å². The highest BCUT2D eigenvalue weighted by Crippen LogP contribution is 2.15. The maximum Gasteiger partial charge on any atom is 0.192 e. The molecule has 0 amide bonds. The summed E-state index contributed by atoms with van der Waals surface area (Å²) in [4.78, 5) is 20.2. The molecular weight excluding hydrogens is 324 g/mol. The molecule has 3 nitrogen and oxygen atoms in total. The lowest BCUT2D eigenvalue weighted by atomic mass is 10.1. The number of ketones is 1. The van der Waals surface area contributed by atoms with Crippen LogP contribution in [0.3, 0.4) is 0 Å². The largest absolute Gasteiger partial charge is 0.289 e. The summed E-state index contributed by atoms with van der Waals surface area (Å²) >= 11 is 4.66. The van der Waals surface area contributed by atoms with Gasteiger partial charge in [-0.15, -0.1) is 0 Å². The number of thioether (sulfide) groups is 1. The highest BCUT2D eigenvalue weighted by molar-refractivity contribution is 9.10. The second kappa shape index (κ2) is 6.63. The molecule has 0 saturated carbocycles. The van der Waals surface area contributed by atoms with Crippen molar-refractivity contribution in [2.45, 2.75) is 12.1 Å². The summed E-state index contributed by atoms with van der Waals surface area (Å²) < 4.78 is 0.954. The molecule has 0 saturated heterocycles. The van der Waals surface area contributed by atoms with Crippen LogP contribution >= 0.6 is 27.7 Å². The van der Waals surface area contributed by atoms with Crippen LogP contribution in [0.15, 0.2) is 57.6 Å². The third-order valence-corrected chi connectivity index (χ3v) is 3.50. The van der Waals surface area contributed by atoms with E-state index in [1.165, 1.54) is 17.8 Å². The van der Waals surface area contributed by atoms with E-state index in [-0.39, 0.29) is 5.78 Å². The molecule has 0 aliphatic carbocycles. The predicted octanol–water partition coefficient (Wildman–Crippen LogP) is 4.04. The number of rotatable bonds is 4. The zero-order valence-corrected chi connectivity index (χ0v) is 12.6. The van der Waals surface area contributed by atoms with Crippen molar-refractivity contribution < 1.29 is 4.79 Å². The van der Waals surface area contributed by atoms with Crippen LogP contribution < -0.4 is 0 Å². The smallest absolute Gasteiger partial charge is 0.192 e. The number of carbonyl (C=O) groups excluding carboxylic acids is 1. The van der Waals surface area contributed by atoms with Gasteiger partial charge >= 0.3 is 0 Å². The van der Waals surface area contributed by atoms with Crippen LogP contribution in [-0.4, -0.2) is 15.8 Å². The third kappa shape index (κ3) is 4.29. The van der Waals surface area contributed by atoms with Gasteiger partial charge in [-0.2, -0.15) is 0 Å². The predicted molar refractivity (Wildman–Crippen MR) is 80.2 cm³/mol. The van der Waals surface area contributed by atoms with Gasteiger partial charge in [-0.25, -0.2) is 9.97 Å². The second-order valence-electron chi connectivity index (χ2n) is 3.77. The SMILES string of the molecule is Cc1ccnc(S/C=C/C(=O)c2ccc(Br)cc2)n1. The number of hydrogen-bond acceptors (Lipinski definition) is 4. The van der Waals surface area contributed by atoms with Gasteiger partial charge in [-0.1, -0.05) is 27.7 Å². The lowest BCUT2D eigenvalue weighted by Gasteiger charge is -1.97. The first-order valence-corrected chi connectivity index (χ1v) is 7.25. The number of halogens is 1. The molecule has 0 unspecified atom stereocenters. The van der Waals surface area contributed by atoms with Gasteiger partial charge in [0.15, 0.2) is 10.9 Å². The van der Waals surface area contributed by atoms with Gasteiger partial charge < -0.3 is 0 Å². The Hall–Kier alpha value is -1.46. The average Bonchev–Trinajstić information content (AvgIpc) is 2.39. The van der Waals surface area contributed by atoms with E-state index in [1.54, 1.807) is 23.7 Å². The fourth-order valence-corrected chi connectivity index (χ4v) is 2.25. The Balaban J connectivity index is 1.99. The topological polar surface area (TPSA) is 42.9 Å². The van der Waals surface area contributed by atoms with E-state index in [0.717, 1.165) is 10.2 Å². The summed E-state index contributed by atoms with van der Waals surface area (Å²) in [5.74, 6) is -0.0346. The van der Waals surface area contributed by atoms with Crippen LogP contribution in [-0.2, 0) is 0 Å². The van der Waals surface area contributed by atoms with Gasteiger partial charge in [-0.05, 0) is 48.7 Å². The molecular formula is C14H11BrN2OS. The number of aromatic nitrogens is 2. The molecule has 0 atom stereocenters.